The van der Waals surface area contributed by atoms with E-state index < -0.39 is 11.6 Å². The molecule has 2 unspecified atom stereocenters. The molecule has 1 rings (SSSR count). The molecule has 0 aromatic heterocycles. The summed E-state index contributed by atoms with van der Waals surface area (Å²) in [6.07, 6.45) is 13.8. The first kappa shape index (κ1) is 27.4. The van der Waals surface area contributed by atoms with E-state index in [4.69, 9.17) is 0 Å². The van der Waals surface area contributed by atoms with Gasteiger partial charge in [-0.1, -0.05) is 84.3 Å². The molecule has 31 heavy (non-hydrogen) atoms. The monoisotopic (exact) mass is 430 g/mol. The van der Waals surface area contributed by atoms with Crippen LogP contribution in [0.1, 0.15) is 113 Å². The van der Waals surface area contributed by atoms with Gasteiger partial charge in [-0.25, -0.2) is 0 Å². The Hall–Kier alpha value is -1.64. The maximum atomic E-state index is 12.2. The average Bonchev–Trinajstić information content (AvgIpc) is 2.70. The molecule has 3 nitrogen and oxygen atoms in total. The Morgan fingerprint density at radius 3 is 1.87 bits per heavy atom. The third-order valence-electron chi connectivity index (χ3n) is 6.82. The Morgan fingerprint density at radius 2 is 1.32 bits per heavy atom. The molecule has 0 aliphatic heterocycles. The molecule has 2 atom stereocenters. The van der Waals surface area contributed by atoms with Gasteiger partial charge in [-0.05, 0) is 63.4 Å². The van der Waals surface area contributed by atoms with E-state index in [1.165, 1.54) is 50.5 Å². The zero-order valence-corrected chi connectivity index (χ0v) is 21.1. The number of hydrogen-bond donors (Lipinski definition) is 1. The van der Waals surface area contributed by atoms with Crippen molar-refractivity contribution >= 4 is 11.6 Å². The van der Waals surface area contributed by atoms with Crippen molar-refractivity contribution in [3.8, 4) is 0 Å². The summed E-state index contributed by atoms with van der Waals surface area (Å²) in [5.74, 6) is 1.35. The molecule has 0 radical (unpaired) electrons. The van der Waals surface area contributed by atoms with Crippen molar-refractivity contribution in [3.63, 3.8) is 0 Å². The summed E-state index contributed by atoms with van der Waals surface area (Å²) in [6, 6.07) is 0. The molecular weight excluding hydrogens is 384 g/mol. The molecule has 176 valence electrons. The lowest BCUT2D eigenvalue weighted by Gasteiger charge is -2.16. The average molecular weight is 431 g/mol. The van der Waals surface area contributed by atoms with Gasteiger partial charge in [-0.3, -0.25) is 9.59 Å². The molecule has 1 aliphatic carbocycles. The van der Waals surface area contributed by atoms with E-state index in [9.17, 15) is 14.7 Å². The number of allylic oxidation sites excluding steroid dienone is 5. The molecule has 0 heterocycles. The van der Waals surface area contributed by atoms with Crippen LogP contribution in [0.4, 0.5) is 0 Å². The first-order valence-electron chi connectivity index (χ1n) is 12.4. The highest BCUT2D eigenvalue weighted by Gasteiger charge is 2.30. The van der Waals surface area contributed by atoms with Gasteiger partial charge < -0.3 is 5.11 Å². The molecule has 1 N–H and O–H groups in total. The van der Waals surface area contributed by atoms with Crippen molar-refractivity contribution in [2.75, 3.05) is 0 Å². The number of rotatable bonds is 14. The second-order valence-electron chi connectivity index (χ2n) is 10.3. The van der Waals surface area contributed by atoms with E-state index in [0.29, 0.717) is 17.6 Å². The molecule has 1 aliphatic rings. The number of ketones is 2. The van der Waals surface area contributed by atoms with E-state index in [1.807, 2.05) is 6.08 Å². The maximum absolute atomic E-state index is 12.2. The molecule has 0 spiro atoms. The van der Waals surface area contributed by atoms with Crippen LogP contribution >= 0.6 is 0 Å². The molecule has 0 bridgehead atoms. The van der Waals surface area contributed by atoms with E-state index in [2.05, 4.69) is 34.6 Å². The van der Waals surface area contributed by atoms with Crippen LogP contribution in [-0.2, 0) is 9.59 Å². The normalized spacial score (nSPS) is 17.7. The van der Waals surface area contributed by atoms with Gasteiger partial charge in [0.15, 0.2) is 0 Å². The van der Waals surface area contributed by atoms with Crippen molar-refractivity contribution in [2.24, 2.45) is 17.8 Å². The third-order valence-corrected chi connectivity index (χ3v) is 6.82. The Kier molecular flexibility index (Phi) is 12.1. The topological polar surface area (TPSA) is 54.4 Å². The van der Waals surface area contributed by atoms with Crippen LogP contribution in [-0.4, -0.2) is 16.7 Å². The first-order chi connectivity index (χ1) is 14.5. The molecular formula is C28H46O3. The summed E-state index contributed by atoms with van der Waals surface area (Å²) < 4.78 is 0. The molecule has 0 aromatic carbocycles. The van der Waals surface area contributed by atoms with Crippen molar-refractivity contribution in [1.82, 2.24) is 0 Å². The lowest BCUT2D eigenvalue weighted by atomic mass is 9.88. The van der Waals surface area contributed by atoms with Gasteiger partial charge in [0, 0.05) is 11.1 Å². The van der Waals surface area contributed by atoms with Crippen LogP contribution in [0.5, 0.6) is 0 Å². The zero-order valence-electron chi connectivity index (χ0n) is 21.1. The Labute approximate surface area is 191 Å². The summed E-state index contributed by atoms with van der Waals surface area (Å²) in [4.78, 5) is 24.2. The molecule has 0 saturated heterocycles. The van der Waals surface area contributed by atoms with Crippen LogP contribution in [0, 0.1) is 17.8 Å². The summed E-state index contributed by atoms with van der Waals surface area (Å²) in [5, 5.41) is 10.3. The van der Waals surface area contributed by atoms with Gasteiger partial charge in [0.05, 0.1) is 0 Å². The summed E-state index contributed by atoms with van der Waals surface area (Å²) in [5.41, 5.74) is 2.33. The van der Waals surface area contributed by atoms with Crippen LogP contribution in [0.3, 0.4) is 0 Å². The number of hydrogen-bond acceptors (Lipinski definition) is 3. The van der Waals surface area contributed by atoms with Gasteiger partial charge in [0.2, 0.25) is 11.6 Å². The number of Topliss-reactive ketones (excluding diaryl/α,β-unsaturated/α-hetero) is 2. The van der Waals surface area contributed by atoms with Crippen LogP contribution in [0.15, 0.2) is 34.1 Å². The van der Waals surface area contributed by atoms with Crippen LogP contribution in [0.2, 0.25) is 0 Å². The van der Waals surface area contributed by atoms with E-state index >= 15 is 0 Å². The SMILES string of the molecule is CC1=C(C)C(O)=C(C/C=C(\C)CCCC(C)CCCC(C)CCCC(C)C)C(=O)C1=O. The highest BCUT2D eigenvalue weighted by Crippen LogP contribution is 2.27. The fourth-order valence-electron chi connectivity index (χ4n) is 4.26. The Balaban J connectivity index is 2.32. The highest BCUT2D eigenvalue weighted by molar-refractivity contribution is 6.50. The fourth-order valence-corrected chi connectivity index (χ4v) is 4.26. The van der Waals surface area contributed by atoms with Gasteiger partial charge in [-0.2, -0.15) is 0 Å². The van der Waals surface area contributed by atoms with Gasteiger partial charge in [0.25, 0.3) is 0 Å². The Morgan fingerprint density at radius 1 is 0.806 bits per heavy atom. The lowest BCUT2D eigenvalue weighted by Crippen LogP contribution is -2.24. The van der Waals surface area contributed by atoms with Crippen LogP contribution in [0.25, 0.3) is 0 Å². The predicted molar refractivity (Wildman–Crippen MR) is 131 cm³/mol. The van der Waals surface area contributed by atoms with E-state index in [-0.39, 0.29) is 11.3 Å². The summed E-state index contributed by atoms with van der Waals surface area (Å²) >= 11 is 0. The zero-order chi connectivity index (χ0) is 23.6. The molecule has 0 saturated carbocycles. The van der Waals surface area contributed by atoms with E-state index in [1.54, 1.807) is 13.8 Å². The van der Waals surface area contributed by atoms with Crippen molar-refractivity contribution in [3.05, 3.63) is 34.1 Å². The minimum absolute atomic E-state index is 0.0155. The van der Waals surface area contributed by atoms with Gasteiger partial charge >= 0.3 is 0 Å². The highest BCUT2D eigenvalue weighted by atomic mass is 16.3. The first-order valence-corrected chi connectivity index (χ1v) is 12.4. The van der Waals surface area contributed by atoms with Gasteiger partial charge in [-0.15, -0.1) is 0 Å². The minimum Gasteiger partial charge on any atom is -0.507 e. The van der Waals surface area contributed by atoms with Crippen LogP contribution < -0.4 is 0 Å². The molecule has 0 aromatic rings. The van der Waals surface area contributed by atoms with Crippen molar-refractivity contribution < 1.29 is 14.7 Å². The van der Waals surface area contributed by atoms with E-state index in [0.717, 1.165) is 30.6 Å². The largest absolute Gasteiger partial charge is 0.507 e. The summed E-state index contributed by atoms with van der Waals surface area (Å²) in [6.45, 7) is 14.7. The van der Waals surface area contributed by atoms with Gasteiger partial charge in [0.1, 0.15) is 5.76 Å². The molecule has 0 amide bonds. The fraction of sp³-hybridized carbons (Fsp3) is 0.714. The third kappa shape index (κ3) is 9.58. The lowest BCUT2D eigenvalue weighted by molar-refractivity contribution is -0.132. The second-order valence-corrected chi connectivity index (χ2v) is 10.3. The second kappa shape index (κ2) is 13.7. The number of aliphatic hydroxyl groups excluding tert-OH is 1. The standard InChI is InChI=1S/C28H46O3/c1-19(2)11-8-12-20(3)13-9-14-21(4)15-10-16-22(5)17-18-25-26(29)23(6)24(7)27(30)28(25)31/h17,19-21,29H,8-16,18H2,1-7H3/b22-17+. The van der Waals surface area contributed by atoms with Crippen molar-refractivity contribution in [2.45, 2.75) is 113 Å². The molecule has 0 fully saturated rings. The summed E-state index contributed by atoms with van der Waals surface area (Å²) in [7, 11) is 0. The minimum atomic E-state index is -0.559. The quantitative estimate of drug-likeness (QED) is 0.172. The smallest absolute Gasteiger partial charge is 0.233 e. The Bertz CT molecular complexity index is 706. The number of aliphatic hydroxyl groups is 1. The predicted octanol–water partition coefficient (Wildman–Crippen LogP) is 8.06. The van der Waals surface area contributed by atoms with Crippen molar-refractivity contribution in [1.29, 1.82) is 0 Å². The molecule has 3 heteroatoms. The number of carbonyl (C=O) groups is 2. The maximum Gasteiger partial charge on any atom is 0.233 e. The number of carbonyl (C=O) groups excluding carboxylic acids is 2.